The van der Waals surface area contributed by atoms with E-state index in [1.807, 2.05) is 0 Å². The highest BCUT2D eigenvalue weighted by atomic mass is 16.7. The predicted octanol–water partition coefficient (Wildman–Crippen LogP) is 1.59. The fraction of sp³-hybridized carbons (Fsp3) is 0.818. The smallest absolute Gasteiger partial charge is 0.434 e. The minimum atomic E-state index is -0.964. The Bertz CT molecular complexity index is 248. The largest absolute Gasteiger partial charge is 0.516 e. The molecule has 1 saturated carbocycles. The summed E-state index contributed by atoms with van der Waals surface area (Å²) in [6.07, 6.45) is 4.25. The summed E-state index contributed by atoms with van der Waals surface area (Å²) in [5, 5.41) is 0. The molecule has 16 heavy (non-hydrogen) atoms. The molecule has 5 nitrogen and oxygen atoms in total. The van der Waals surface area contributed by atoms with Crippen LogP contribution in [0.25, 0.3) is 0 Å². The van der Waals surface area contributed by atoms with Crippen molar-refractivity contribution < 1.29 is 19.1 Å². The maximum atomic E-state index is 11.4. The fourth-order valence-electron chi connectivity index (χ4n) is 2.01. The molecule has 0 aliphatic heterocycles. The van der Waals surface area contributed by atoms with E-state index >= 15 is 0 Å². The van der Waals surface area contributed by atoms with E-state index in [-0.39, 0.29) is 6.61 Å². The molecule has 0 spiro atoms. The van der Waals surface area contributed by atoms with E-state index in [0.29, 0.717) is 12.3 Å². The van der Waals surface area contributed by atoms with Gasteiger partial charge in [-0.2, -0.15) is 0 Å². The molecule has 1 aliphatic rings. The van der Waals surface area contributed by atoms with Crippen molar-refractivity contribution >= 4 is 12.1 Å². The summed E-state index contributed by atoms with van der Waals surface area (Å²) in [5.41, 5.74) is 5.66. The Morgan fingerprint density at radius 1 is 1.38 bits per heavy atom. The molecule has 5 heteroatoms. The van der Waals surface area contributed by atoms with E-state index in [4.69, 9.17) is 5.73 Å². The number of carbonyl (C=O) groups excluding carboxylic acids is 2. The predicted molar refractivity (Wildman–Crippen MR) is 57.7 cm³/mol. The monoisotopic (exact) mass is 229 g/mol. The standard InChI is InChI=1S/C11H19NO4/c1-2-15-11(14)16-10(13)9(12)7-8-5-3-4-6-8/h8-9H,2-7,12H2,1H3/t9-/m1/s1. The quantitative estimate of drug-likeness (QED) is 0.585. The van der Waals surface area contributed by atoms with Crippen molar-refractivity contribution in [3.63, 3.8) is 0 Å². The molecule has 0 radical (unpaired) electrons. The highest BCUT2D eigenvalue weighted by molar-refractivity contribution is 5.85. The lowest BCUT2D eigenvalue weighted by Crippen LogP contribution is -2.35. The number of carbonyl (C=O) groups is 2. The number of rotatable bonds is 4. The van der Waals surface area contributed by atoms with Gasteiger partial charge in [0.1, 0.15) is 6.04 Å². The van der Waals surface area contributed by atoms with Crippen molar-refractivity contribution in [1.82, 2.24) is 0 Å². The van der Waals surface area contributed by atoms with Gasteiger partial charge in [0.05, 0.1) is 6.61 Å². The summed E-state index contributed by atoms with van der Waals surface area (Å²) in [7, 11) is 0. The minimum absolute atomic E-state index is 0.185. The molecular formula is C11H19NO4. The first-order valence-electron chi connectivity index (χ1n) is 5.77. The zero-order chi connectivity index (χ0) is 12.0. The zero-order valence-electron chi connectivity index (χ0n) is 9.61. The molecule has 0 amide bonds. The second-order valence-electron chi connectivity index (χ2n) is 4.10. The Hall–Kier alpha value is -1.10. The van der Waals surface area contributed by atoms with Crippen molar-refractivity contribution in [2.24, 2.45) is 11.7 Å². The first kappa shape index (κ1) is 13.0. The molecule has 2 N–H and O–H groups in total. The lowest BCUT2D eigenvalue weighted by Gasteiger charge is -2.14. The maximum absolute atomic E-state index is 11.4. The summed E-state index contributed by atoms with van der Waals surface area (Å²) in [5.74, 6) is -0.199. The minimum Gasteiger partial charge on any atom is -0.434 e. The van der Waals surface area contributed by atoms with Crippen LogP contribution < -0.4 is 5.73 Å². The Balaban J connectivity index is 2.26. The van der Waals surface area contributed by atoms with Gasteiger partial charge in [-0.1, -0.05) is 25.7 Å². The molecular weight excluding hydrogens is 210 g/mol. The molecule has 1 atom stereocenters. The topological polar surface area (TPSA) is 78.6 Å². The summed E-state index contributed by atoms with van der Waals surface area (Å²) in [4.78, 5) is 22.2. The summed E-state index contributed by atoms with van der Waals surface area (Å²) in [6, 6.07) is -0.715. The van der Waals surface area contributed by atoms with E-state index in [2.05, 4.69) is 9.47 Å². The Morgan fingerprint density at radius 3 is 2.56 bits per heavy atom. The average molecular weight is 229 g/mol. The van der Waals surface area contributed by atoms with E-state index < -0.39 is 18.2 Å². The van der Waals surface area contributed by atoms with Crippen LogP contribution in [0.5, 0.6) is 0 Å². The van der Waals surface area contributed by atoms with Gasteiger partial charge in [-0.15, -0.1) is 0 Å². The summed E-state index contributed by atoms with van der Waals surface area (Å²) < 4.78 is 8.93. The lowest BCUT2D eigenvalue weighted by molar-refractivity contribution is -0.141. The highest BCUT2D eigenvalue weighted by Crippen LogP contribution is 2.28. The van der Waals surface area contributed by atoms with Gasteiger partial charge in [-0.3, -0.25) is 0 Å². The second-order valence-corrected chi connectivity index (χ2v) is 4.10. The molecule has 0 unspecified atom stereocenters. The number of hydrogen-bond donors (Lipinski definition) is 1. The number of esters is 1. The van der Waals surface area contributed by atoms with Gasteiger partial charge in [0.15, 0.2) is 0 Å². The molecule has 0 aromatic rings. The normalized spacial score (nSPS) is 18.1. The van der Waals surface area contributed by atoms with Crippen molar-refractivity contribution in [2.45, 2.75) is 45.1 Å². The molecule has 0 aromatic heterocycles. The highest BCUT2D eigenvalue weighted by Gasteiger charge is 2.25. The molecule has 0 bridgehead atoms. The van der Waals surface area contributed by atoms with Crippen LogP contribution in [0.3, 0.4) is 0 Å². The SMILES string of the molecule is CCOC(=O)OC(=O)[C@H](N)CC1CCCC1. The van der Waals surface area contributed by atoms with Crippen molar-refractivity contribution in [2.75, 3.05) is 6.61 Å². The fourth-order valence-corrected chi connectivity index (χ4v) is 2.01. The molecule has 0 aromatic carbocycles. The van der Waals surface area contributed by atoms with E-state index in [1.54, 1.807) is 6.92 Å². The molecule has 0 saturated heterocycles. The van der Waals surface area contributed by atoms with Crippen LogP contribution in [0.15, 0.2) is 0 Å². The van der Waals surface area contributed by atoms with Gasteiger partial charge in [0.25, 0.3) is 0 Å². The van der Waals surface area contributed by atoms with E-state index in [9.17, 15) is 9.59 Å². The summed E-state index contributed by atoms with van der Waals surface area (Å²) >= 11 is 0. The molecule has 92 valence electrons. The number of hydrogen-bond acceptors (Lipinski definition) is 5. The lowest BCUT2D eigenvalue weighted by atomic mass is 9.99. The van der Waals surface area contributed by atoms with Crippen molar-refractivity contribution in [1.29, 1.82) is 0 Å². The van der Waals surface area contributed by atoms with Gasteiger partial charge < -0.3 is 15.2 Å². The van der Waals surface area contributed by atoms with Crippen LogP contribution in [0, 0.1) is 5.92 Å². The number of ether oxygens (including phenoxy) is 2. The van der Waals surface area contributed by atoms with Gasteiger partial charge in [0.2, 0.25) is 0 Å². The zero-order valence-corrected chi connectivity index (χ0v) is 9.61. The Labute approximate surface area is 95.3 Å². The third-order valence-electron chi connectivity index (χ3n) is 2.81. The van der Waals surface area contributed by atoms with Crippen molar-refractivity contribution in [3.8, 4) is 0 Å². The maximum Gasteiger partial charge on any atom is 0.516 e. The van der Waals surface area contributed by atoms with Gasteiger partial charge in [-0.05, 0) is 19.3 Å². The Morgan fingerprint density at radius 2 is 2.00 bits per heavy atom. The second kappa shape index (κ2) is 6.48. The van der Waals surface area contributed by atoms with Crippen LogP contribution in [-0.2, 0) is 14.3 Å². The van der Waals surface area contributed by atoms with Gasteiger partial charge in [-0.25, -0.2) is 9.59 Å². The summed E-state index contributed by atoms with van der Waals surface area (Å²) in [6.45, 7) is 1.83. The average Bonchev–Trinajstić information content (AvgIpc) is 2.70. The van der Waals surface area contributed by atoms with E-state index in [1.165, 1.54) is 12.8 Å². The molecule has 1 fully saturated rings. The molecule has 1 aliphatic carbocycles. The van der Waals surface area contributed by atoms with Gasteiger partial charge in [0, 0.05) is 0 Å². The first-order valence-corrected chi connectivity index (χ1v) is 5.77. The van der Waals surface area contributed by atoms with Crippen LogP contribution in [-0.4, -0.2) is 24.8 Å². The Kier molecular flexibility index (Phi) is 5.25. The van der Waals surface area contributed by atoms with Crippen LogP contribution in [0.4, 0.5) is 4.79 Å². The molecule has 0 heterocycles. The van der Waals surface area contributed by atoms with Gasteiger partial charge >= 0.3 is 12.1 Å². The van der Waals surface area contributed by atoms with Crippen LogP contribution >= 0.6 is 0 Å². The van der Waals surface area contributed by atoms with Crippen molar-refractivity contribution in [3.05, 3.63) is 0 Å². The van der Waals surface area contributed by atoms with Crippen LogP contribution in [0.1, 0.15) is 39.0 Å². The number of nitrogens with two attached hydrogens (primary N) is 1. The molecule has 1 rings (SSSR count). The van der Waals surface area contributed by atoms with Crippen LogP contribution in [0.2, 0.25) is 0 Å². The van der Waals surface area contributed by atoms with E-state index in [0.717, 1.165) is 12.8 Å². The first-order chi connectivity index (χ1) is 7.63. The third-order valence-corrected chi connectivity index (χ3v) is 2.81. The third kappa shape index (κ3) is 4.18.